The van der Waals surface area contributed by atoms with Crippen molar-refractivity contribution in [3.8, 4) is 5.75 Å². The van der Waals surface area contributed by atoms with Crippen LogP contribution < -0.4 is 10.6 Å². The highest BCUT2D eigenvalue weighted by molar-refractivity contribution is 6.06. The number of aromatic hydroxyl groups is 1. The first-order valence-electron chi connectivity index (χ1n) is 6.57. The second kappa shape index (κ2) is 5.54. The van der Waals surface area contributed by atoms with Gasteiger partial charge in [0.15, 0.2) is 0 Å². The summed E-state index contributed by atoms with van der Waals surface area (Å²) in [6, 6.07) is 19.6. The summed E-state index contributed by atoms with van der Waals surface area (Å²) < 4.78 is 0. The lowest BCUT2D eigenvalue weighted by Gasteiger charge is -2.10. The molecule has 0 unspecified atom stereocenters. The summed E-state index contributed by atoms with van der Waals surface area (Å²) in [6.45, 7) is 0. The van der Waals surface area contributed by atoms with E-state index >= 15 is 0 Å². The number of nitrogens with one attached hydrogen (secondary N) is 2. The zero-order valence-electron chi connectivity index (χ0n) is 11.2. The van der Waals surface area contributed by atoms with Crippen molar-refractivity contribution in [2.24, 2.45) is 0 Å². The standard InChI is InChI=1S/C17H14N2O2/c20-14-10-8-13(9-11-14)18-17(21)19-16-7-3-5-12-4-1-2-6-15(12)16/h1-11,20H,(H2,18,19,21). The normalized spacial score (nSPS) is 10.3. The molecule has 4 nitrogen and oxygen atoms in total. The monoisotopic (exact) mass is 278 g/mol. The van der Waals surface area contributed by atoms with E-state index in [1.807, 2.05) is 42.5 Å². The number of carbonyl (C=O) groups excluding carboxylic acids is 1. The molecule has 0 aliphatic carbocycles. The number of benzene rings is 3. The van der Waals surface area contributed by atoms with Gasteiger partial charge in [0.25, 0.3) is 0 Å². The van der Waals surface area contributed by atoms with Gasteiger partial charge in [0.2, 0.25) is 0 Å². The zero-order valence-corrected chi connectivity index (χ0v) is 11.2. The van der Waals surface area contributed by atoms with E-state index < -0.39 is 0 Å². The number of urea groups is 1. The summed E-state index contributed by atoms with van der Waals surface area (Å²) >= 11 is 0. The lowest BCUT2D eigenvalue weighted by atomic mass is 10.1. The second-order valence-corrected chi connectivity index (χ2v) is 4.65. The third-order valence-corrected chi connectivity index (χ3v) is 3.16. The van der Waals surface area contributed by atoms with E-state index in [4.69, 9.17) is 0 Å². The molecule has 21 heavy (non-hydrogen) atoms. The number of phenolic OH excluding ortho intramolecular Hbond substituents is 1. The predicted molar refractivity (Wildman–Crippen MR) is 84.7 cm³/mol. The Balaban J connectivity index is 1.79. The molecule has 2 amide bonds. The number of hydrogen-bond donors (Lipinski definition) is 3. The first-order chi connectivity index (χ1) is 10.2. The van der Waals surface area contributed by atoms with E-state index in [0.29, 0.717) is 5.69 Å². The van der Waals surface area contributed by atoms with Crippen molar-refractivity contribution in [1.82, 2.24) is 0 Å². The highest BCUT2D eigenvalue weighted by Crippen LogP contribution is 2.23. The van der Waals surface area contributed by atoms with Gasteiger partial charge in [-0.25, -0.2) is 4.79 Å². The Hall–Kier alpha value is -3.01. The van der Waals surface area contributed by atoms with E-state index in [1.165, 1.54) is 12.1 Å². The molecule has 0 bridgehead atoms. The molecule has 4 heteroatoms. The van der Waals surface area contributed by atoms with Crippen LogP contribution in [0.2, 0.25) is 0 Å². The van der Waals surface area contributed by atoms with Crippen LogP contribution in [-0.4, -0.2) is 11.1 Å². The van der Waals surface area contributed by atoms with Crippen molar-refractivity contribution in [1.29, 1.82) is 0 Å². The summed E-state index contributed by atoms with van der Waals surface area (Å²) in [7, 11) is 0. The topological polar surface area (TPSA) is 61.4 Å². The number of hydrogen-bond acceptors (Lipinski definition) is 2. The maximum Gasteiger partial charge on any atom is 0.323 e. The summed E-state index contributed by atoms with van der Waals surface area (Å²) in [5, 5.41) is 16.8. The Bertz CT molecular complexity index is 777. The lowest BCUT2D eigenvalue weighted by Crippen LogP contribution is -2.19. The molecule has 0 saturated carbocycles. The van der Waals surface area contributed by atoms with Crippen LogP contribution in [0.5, 0.6) is 5.75 Å². The molecule has 0 aliphatic rings. The fourth-order valence-corrected chi connectivity index (χ4v) is 2.16. The lowest BCUT2D eigenvalue weighted by molar-refractivity contribution is 0.262. The van der Waals surface area contributed by atoms with Crippen LogP contribution in [0.25, 0.3) is 10.8 Å². The van der Waals surface area contributed by atoms with E-state index in [9.17, 15) is 9.90 Å². The van der Waals surface area contributed by atoms with Gasteiger partial charge in [-0.3, -0.25) is 0 Å². The SMILES string of the molecule is O=C(Nc1ccc(O)cc1)Nc1cccc2ccccc12. The molecule has 0 heterocycles. The molecule has 0 aromatic heterocycles. The van der Waals surface area contributed by atoms with Gasteiger partial charge in [-0.2, -0.15) is 0 Å². The van der Waals surface area contributed by atoms with Gasteiger partial charge < -0.3 is 15.7 Å². The quantitative estimate of drug-likeness (QED) is 0.615. The van der Waals surface area contributed by atoms with Crippen LogP contribution in [-0.2, 0) is 0 Å². The molecular formula is C17H14N2O2. The van der Waals surface area contributed by atoms with Gasteiger partial charge >= 0.3 is 6.03 Å². The van der Waals surface area contributed by atoms with Crippen molar-refractivity contribution >= 4 is 28.2 Å². The smallest absolute Gasteiger partial charge is 0.323 e. The number of phenols is 1. The number of rotatable bonds is 2. The summed E-state index contributed by atoms with van der Waals surface area (Å²) in [5.74, 6) is 0.162. The second-order valence-electron chi connectivity index (χ2n) is 4.65. The molecule has 0 radical (unpaired) electrons. The van der Waals surface area contributed by atoms with E-state index in [0.717, 1.165) is 16.5 Å². The van der Waals surface area contributed by atoms with E-state index in [-0.39, 0.29) is 11.8 Å². The van der Waals surface area contributed by atoms with Gasteiger partial charge in [0, 0.05) is 11.1 Å². The molecule has 0 saturated heterocycles. The molecule has 0 fully saturated rings. The van der Waals surface area contributed by atoms with Gasteiger partial charge in [0.1, 0.15) is 5.75 Å². The Labute approximate surface area is 122 Å². The van der Waals surface area contributed by atoms with Crippen molar-refractivity contribution in [3.05, 3.63) is 66.7 Å². The van der Waals surface area contributed by atoms with E-state index in [1.54, 1.807) is 12.1 Å². The van der Waals surface area contributed by atoms with Crippen LogP contribution in [0.1, 0.15) is 0 Å². The Morgan fingerprint density at radius 1 is 0.810 bits per heavy atom. The average molecular weight is 278 g/mol. The third-order valence-electron chi connectivity index (χ3n) is 3.16. The van der Waals surface area contributed by atoms with Crippen molar-refractivity contribution in [3.63, 3.8) is 0 Å². The predicted octanol–water partition coefficient (Wildman–Crippen LogP) is 4.19. The minimum absolute atomic E-state index is 0.162. The first-order valence-corrected chi connectivity index (χ1v) is 6.57. The van der Waals surface area contributed by atoms with Crippen LogP contribution in [0.15, 0.2) is 66.7 Å². The van der Waals surface area contributed by atoms with Crippen molar-refractivity contribution in [2.45, 2.75) is 0 Å². The molecule has 3 aromatic carbocycles. The molecule has 104 valence electrons. The van der Waals surface area contributed by atoms with Gasteiger partial charge in [-0.05, 0) is 35.7 Å². The maximum atomic E-state index is 12.0. The molecular weight excluding hydrogens is 264 g/mol. The number of anilines is 2. The minimum Gasteiger partial charge on any atom is -0.508 e. The molecule has 3 aromatic rings. The fourth-order valence-electron chi connectivity index (χ4n) is 2.16. The maximum absolute atomic E-state index is 12.0. The highest BCUT2D eigenvalue weighted by atomic mass is 16.3. The fraction of sp³-hybridized carbons (Fsp3) is 0. The van der Waals surface area contributed by atoms with Crippen molar-refractivity contribution < 1.29 is 9.90 Å². The third kappa shape index (κ3) is 2.95. The van der Waals surface area contributed by atoms with Crippen LogP contribution in [0.4, 0.5) is 16.2 Å². The minimum atomic E-state index is -0.322. The molecule has 3 N–H and O–H groups in total. The van der Waals surface area contributed by atoms with E-state index in [2.05, 4.69) is 10.6 Å². The molecule has 0 aliphatic heterocycles. The first kappa shape index (κ1) is 13.0. The largest absolute Gasteiger partial charge is 0.508 e. The number of carbonyl (C=O) groups is 1. The van der Waals surface area contributed by atoms with Crippen LogP contribution in [0, 0.1) is 0 Å². The molecule has 0 atom stereocenters. The number of amides is 2. The van der Waals surface area contributed by atoms with Crippen LogP contribution in [0.3, 0.4) is 0 Å². The Kier molecular flexibility index (Phi) is 3.43. The van der Waals surface area contributed by atoms with Crippen molar-refractivity contribution in [2.75, 3.05) is 10.6 Å². The highest BCUT2D eigenvalue weighted by Gasteiger charge is 2.05. The zero-order chi connectivity index (χ0) is 14.7. The summed E-state index contributed by atoms with van der Waals surface area (Å²) in [5.41, 5.74) is 1.37. The van der Waals surface area contributed by atoms with Crippen LogP contribution >= 0.6 is 0 Å². The Morgan fingerprint density at radius 3 is 2.33 bits per heavy atom. The molecule has 0 spiro atoms. The number of fused-ring (bicyclic) bond motifs is 1. The van der Waals surface area contributed by atoms with Gasteiger partial charge in [0.05, 0.1) is 5.69 Å². The summed E-state index contributed by atoms with van der Waals surface area (Å²) in [4.78, 5) is 12.0. The Morgan fingerprint density at radius 2 is 1.52 bits per heavy atom. The average Bonchev–Trinajstić information content (AvgIpc) is 2.50. The summed E-state index contributed by atoms with van der Waals surface area (Å²) in [6.07, 6.45) is 0. The van der Waals surface area contributed by atoms with Gasteiger partial charge in [-0.1, -0.05) is 36.4 Å². The van der Waals surface area contributed by atoms with Gasteiger partial charge in [-0.15, -0.1) is 0 Å². The molecule has 3 rings (SSSR count).